The number of aromatic nitrogens is 2. The van der Waals surface area contributed by atoms with Gasteiger partial charge in [-0.15, -0.1) is 0 Å². The molecule has 0 spiro atoms. The Morgan fingerprint density at radius 3 is 2.88 bits per heavy atom. The highest BCUT2D eigenvalue weighted by Crippen LogP contribution is 2.24. The summed E-state index contributed by atoms with van der Waals surface area (Å²) in [4.78, 5) is 16.7. The lowest BCUT2D eigenvalue weighted by Gasteiger charge is -2.09. The SMILES string of the molecule is O=C(CSc1nccn1Cc1ccco1)Nc1cccc2ccccc12. The summed E-state index contributed by atoms with van der Waals surface area (Å²) >= 11 is 1.41. The molecule has 0 bridgehead atoms. The minimum Gasteiger partial charge on any atom is -0.467 e. The van der Waals surface area contributed by atoms with E-state index in [-0.39, 0.29) is 5.91 Å². The normalized spacial score (nSPS) is 10.9. The van der Waals surface area contributed by atoms with Crippen LogP contribution in [-0.2, 0) is 11.3 Å². The zero-order valence-electron chi connectivity index (χ0n) is 14.0. The second kappa shape index (κ2) is 7.49. The Labute approximate surface area is 155 Å². The maximum Gasteiger partial charge on any atom is 0.234 e. The van der Waals surface area contributed by atoms with Gasteiger partial charge in [0.2, 0.25) is 5.91 Å². The largest absolute Gasteiger partial charge is 0.467 e. The summed E-state index contributed by atoms with van der Waals surface area (Å²) in [6.07, 6.45) is 5.26. The van der Waals surface area contributed by atoms with Gasteiger partial charge in [-0.05, 0) is 23.6 Å². The van der Waals surface area contributed by atoms with Crippen LogP contribution in [0.1, 0.15) is 5.76 Å². The van der Waals surface area contributed by atoms with Gasteiger partial charge in [-0.1, -0.05) is 48.2 Å². The maximum absolute atomic E-state index is 12.4. The van der Waals surface area contributed by atoms with E-state index in [1.807, 2.05) is 65.4 Å². The third-order valence-electron chi connectivity index (χ3n) is 3.98. The topological polar surface area (TPSA) is 60.1 Å². The highest BCUT2D eigenvalue weighted by molar-refractivity contribution is 7.99. The van der Waals surface area contributed by atoms with Crippen LogP contribution in [0.4, 0.5) is 5.69 Å². The fourth-order valence-corrected chi connectivity index (χ4v) is 3.54. The van der Waals surface area contributed by atoms with Crippen molar-refractivity contribution in [3.8, 4) is 0 Å². The van der Waals surface area contributed by atoms with Gasteiger partial charge in [0.15, 0.2) is 5.16 Å². The molecule has 2 heterocycles. The number of nitrogens with one attached hydrogen (secondary N) is 1. The van der Waals surface area contributed by atoms with E-state index in [0.29, 0.717) is 12.3 Å². The number of nitrogens with zero attached hydrogens (tertiary/aromatic N) is 2. The van der Waals surface area contributed by atoms with Gasteiger partial charge in [-0.2, -0.15) is 0 Å². The van der Waals surface area contributed by atoms with Crippen LogP contribution < -0.4 is 5.32 Å². The highest BCUT2D eigenvalue weighted by Gasteiger charge is 2.10. The maximum atomic E-state index is 12.4. The van der Waals surface area contributed by atoms with Crippen molar-refractivity contribution in [2.75, 3.05) is 11.1 Å². The van der Waals surface area contributed by atoms with Crippen molar-refractivity contribution in [2.24, 2.45) is 0 Å². The molecule has 1 N–H and O–H groups in total. The summed E-state index contributed by atoms with van der Waals surface area (Å²) in [5.41, 5.74) is 0.827. The second-order valence-electron chi connectivity index (χ2n) is 5.78. The molecule has 0 aliphatic rings. The summed E-state index contributed by atoms with van der Waals surface area (Å²) in [7, 11) is 0. The van der Waals surface area contributed by atoms with Gasteiger partial charge in [-0.3, -0.25) is 4.79 Å². The number of hydrogen-bond donors (Lipinski definition) is 1. The Morgan fingerprint density at radius 1 is 1.12 bits per heavy atom. The molecule has 0 aliphatic carbocycles. The summed E-state index contributed by atoms with van der Waals surface area (Å²) in [5.74, 6) is 1.09. The van der Waals surface area contributed by atoms with Crippen LogP contribution in [0, 0.1) is 0 Å². The van der Waals surface area contributed by atoms with Crippen molar-refractivity contribution in [3.05, 3.63) is 79.0 Å². The summed E-state index contributed by atoms with van der Waals surface area (Å²) in [6.45, 7) is 0.597. The molecular weight excluding hydrogens is 346 g/mol. The van der Waals surface area contributed by atoms with Gasteiger partial charge in [-0.25, -0.2) is 4.98 Å². The molecule has 4 rings (SSSR count). The zero-order valence-corrected chi connectivity index (χ0v) is 14.8. The first-order chi connectivity index (χ1) is 12.8. The van der Waals surface area contributed by atoms with E-state index in [1.165, 1.54) is 11.8 Å². The van der Waals surface area contributed by atoms with Crippen molar-refractivity contribution in [1.82, 2.24) is 9.55 Å². The Kier molecular flexibility index (Phi) is 4.75. The number of rotatable bonds is 6. The summed E-state index contributed by atoms with van der Waals surface area (Å²) in [6, 6.07) is 17.7. The average Bonchev–Trinajstić information content (AvgIpc) is 3.33. The van der Waals surface area contributed by atoms with Crippen molar-refractivity contribution >= 4 is 34.1 Å². The fraction of sp³-hybridized carbons (Fsp3) is 0.100. The van der Waals surface area contributed by atoms with E-state index < -0.39 is 0 Å². The van der Waals surface area contributed by atoms with Crippen molar-refractivity contribution in [2.45, 2.75) is 11.7 Å². The van der Waals surface area contributed by atoms with Gasteiger partial charge in [0, 0.05) is 23.5 Å². The summed E-state index contributed by atoms with van der Waals surface area (Å²) in [5, 5.41) is 5.92. The first kappa shape index (κ1) is 16.5. The standard InChI is InChI=1S/C20H17N3O2S/c24-19(22-18-9-3-6-15-5-1-2-8-17(15)18)14-26-20-21-10-11-23(20)13-16-7-4-12-25-16/h1-12H,13-14H2,(H,22,24). The van der Waals surface area contributed by atoms with Crippen molar-refractivity contribution in [3.63, 3.8) is 0 Å². The highest BCUT2D eigenvalue weighted by atomic mass is 32.2. The van der Waals surface area contributed by atoms with E-state index in [4.69, 9.17) is 4.42 Å². The Hall–Kier alpha value is -2.99. The average molecular weight is 363 g/mol. The van der Waals surface area contributed by atoms with Crippen LogP contribution in [0.5, 0.6) is 0 Å². The number of thioether (sulfide) groups is 1. The molecule has 4 aromatic rings. The Morgan fingerprint density at radius 2 is 2.00 bits per heavy atom. The molecule has 0 radical (unpaired) electrons. The molecule has 5 nitrogen and oxygen atoms in total. The van der Waals surface area contributed by atoms with Crippen LogP contribution in [0.15, 0.2) is 82.8 Å². The molecule has 2 aromatic carbocycles. The number of benzene rings is 2. The Bertz CT molecular complexity index is 1020. The number of hydrogen-bond acceptors (Lipinski definition) is 4. The minimum atomic E-state index is -0.0566. The molecule has 6 heteroatoms. The molecule has 1 amide bonds. The number of amides is 1. The molecular formula is C20H17N3O2S. The first-order valence-corrected chi connectivity index (χ1v) is 9.22. The predicted octanol–water partition coefficient (Wildman–Crippen LogP) is 4.41. The van der Waals surface area contributed by atoms with Crippen LogP contribution in [0.25, 0.3) is 10.8 Å². The van der Waals surface area contributed by atoms with Crippen molar-refractivity contribution in [1.29, 1.82) is 0 Å². The quantitative estimate of drug-likeness (QED) is 0.516. The lowest BCUT2D eigenvalue weighted by Crippen LogP contribution is -2.15. The monoisotopic (exact) mass is 363 g/mol. The van der Waals surface area contributed by atoms with Crippen molar-refractivity contribution < 1.29 is 9.21 Å². The number of fused-ring (bicyclic) bond motifs is 1. The molecule has 0 atom stereocenters. The molecule has 130 valence electrons. The molecule has 0 unspecified atom stereocenters. The lowest BCUT2D eigenvalue weighted by atomic mass is 10.1. The number of imidazole rings is 1. The second-order valence-corrected chi connectivity index (χ2v) is 6.72. The van der Waals surface area contributed by atoms with E-state index in [1.54, 1.807) is 12.5 Å². The fourth-order valence-electron chi connectivity index (χ4n) is 2.78. The number of furan rings is 1. The molecule has 0 fully saturated rings. The van der Waals surface area contributed by atoms with E-state index in [0.717, 1.165) is 27.4 Å². The number of anilines is 1. The molecule has 0 saturated carbocycles. The van der Waals surface area contributed by atoms with Gasteiger partial charge < -0.3 is 14.3 Å². The lowest BCUT2D eigenvalue weighted by molar-refractivity contribution is -0.113. The molecule has 2 aromatic heterocycles. The smallest absolute Gasteiger partial charge is 0.234 e. The minimum absolute atomic E-state index is 0.0566. The third-order valence-corrected chi connectivity index (χ3v) is 4.98. The van der Waals surface area contributed by atoms with Crippen LogP contribution in [-0.4, -0.2) is 21.2 Å². The number of carbonyl (C=O) groups excluding carboxylic acids is 1. The molecule has 0 saturated heterocycles. The van der Waals surface area contributed by atoms with Gasteiger partial charge in [0.05, 0.1) is 18.6 Å². The van der Waals surface area contributed by atoms with E-state index >= 15 is 0 Å². The van der Waals surface area contributed by atoms with Gasteiger partial charge in [0.25, 0.3) is 0 Å². The van der Waals surface area contributed by atoms with Crippen LogP contribution in [0.3, 0.4) is 0 Å². The van der Waals surface area contributed by atoms with Crippen LogP contribution in [0.2, 0.25) is 0 Å². The third kappa shape index (κ3) is 3.65. The zero-order chi connectivity index (χ0) is 17.8. The van der Waals surface area contributed by atoms with E-state index in [9.17, 15) is 4.79 Å². The molecule has 26 heavy (non-hydrogen) atoms. The van der Waals surface area contributed by atoms with Gasteiger partial charge in [0.1, 0.15) is 5.76 Å². The summed E-state index contributed by atoms with van der Waals surface area (Å²) < 4.78 is 7.34. The predicted molar refractivity (Wildman–Crippen MR) is 103 cm³/mol. The number of carbonyl (C=O) groups is 1. The van der Waals surface area contributed by atoms with E-state index in [2.05, 4.69) is 10.3 Å². The van der Waals surface area contributed by atoms with Gasteiger partial charge >= 0.3 is 0 Å². The first-order valence-electron chi connectivity index (χ1n) is 8.23. The van der Waals surface area contributed by atoms with Crippen LogP contribution >= 0.6 is 11.8 Å². The molecule has 0 aliphatic heterocycles. The Balaban J connectivity index is 1.41.